The van der Waals surface area contributed by atoms with Gasteiger partial charge in [-0.2, -0.15) is 0 Å². The van der Waals surface area contributed by atoms with Crippen LogP contribution < -0.4 is 16.6 Å². The minimum absolute atomic E-state index is 0.0827. The molecule has 6 heteroatoms. The highest BCUT2D eigenvalue weighted by Crippen LogP contribution is 2.33. The minimum Gasteiger partial charge on any atom is -0.349 e. The third-order valence-corrected chi connectivity index (χ3v) is 4.22. The van der Waals surface area contributed by atoms with Crippen molar-refractivity contribution in [3.05, 3.63) is 24.0 Å². The summed E-state index contributed by atoms with van der Waals surface area (Å²) in [7, 11) is 4.16. The van der Waals surface area contributed by atoms with Gasteiger partial charge < -0.3 is 15.6 Å². The number of hydrazine groups is 1. The molecular weight excluding hydrogens is 254 g/mol. The molecule has 1 fully saturated rings. The van der Waals surface area contributed by atoms with E-state index in [1.165, 1.54) is 12.8 Å². The average molecular weight is 277 g/mol. The van der Waals surface area contributed by atoms with Crippen LogP contribution in [-0.2, 0) is 0 Å². The number of pyridine rings is 1. The van der Waals surface area contributed by atoms with Gasteiger partial charge in [0.2, 0.25) is 0 Å². The SMILES string of the molecule is CN(C)C1(CNC(=O)c2cc(NN)ccn2)CCCC1. The largest absolute Gasteiger partial charge is 0.349 e. The van der Waals surface area contributed by atoms with Gasteiger partial charge in [-0.05, 0) is 39.1 Å². The molecule has 0 atom stereocenters. The minimum atomic E-state index is -0.157. The number of carbonyl (C=O) groups is 1. The molecule has 1 aliphatic rings. The monoisotopic (exact) mass is 277 g/mol. The molecule has 2 rings (SSSR count). The maximum Gasteiger partial charge on any atom is 0.270 e. The van der Waals surface area contributed by atoms with Gasteiger partial charge in [0.05, 0.1) is 5.69 Å². The van der Waals surface area contributed by atoms with Crippen molar-refractivity contribution < 1.29 is 4.79 Å². The molecule has 110 valence electrons. The third-order valence-electron chi connectivity index (χ3n) is 4.22. The standard InChI is InChI=1S/C14H23N5O/c1-19(2)14(6-3-4-7-14)10-17-13(20)12-9-11(18-15)5-8-16-12/h5,8-9H,3-4,6-7,10,15H2,1-2H3,(H,16,18)(H,17,20). The summed E-state index contributed by atoms with van der Waals surface area (Å²) >= 11 is 0. The first kappa shape index (κ1) is 14.7. The van der Waals surface area contributed by atoms with Crippen molar-refractivity contribution in [1.82, 2.24) is 15.2 Å². The molecule has 0 radical (unpaired) electrons. The summed E-state index contributed by atoms with van der Waals surface area (Å²) in [5, 5.41) is 3.00. The molecule has 6 nitrogen and oxygen atoms in total. The van der Waals surface area contributed by atoms with Crippen molar-refractivity contribution >= 4 is 11.6 Å². The highest BCUT2D eigenvalue weighted by Gasteiger charge is 2.36. The molecule has 1 aromatic heterocycles. The van der Waals surface area contributed by atoms with E-state index in [0.29, 0.717) is 17.9 Å². The fourth-order valence-electron chi connectivity index (χ4n) is 2.80. The first-order chi connectivity index (χ1) is 9.57. The topological polar surface area (TPSA) is 83.3 Å². The van der Waals surface area contributed by atoms with Gasteiger partial charge in [0.25, 0.3) is 5.91 Å². The summed E-state index contributed by atoms with van der Waals surface area (Å²) < 4.78 is 0. The van der Waals surface area contributed by atoms with E-state index in [1.807, 2.05) is 0 Å². The van der Waals surface area contributed by atoms with Gasteiger partial charge >= 0.3 is 0 Å². The normalized spacial score (nSPS) is 17.2. The number of amides is 1. The Balaban J connectivity index is 2.00. The van der Waals surface area contributed by atoms with E-state index in [-0.39, 0.29) is 11.4 Å². The number of nitrogens with one attached hydrogen (secondary N) is 2. The predicted octanol–water partition coefficient (Wildman–Crippen LogP) is 0.971. The van der Waals surface area contributed by atoms with Crippen LogP contribution >= 0.6 is 0 Å². The van der Waals surface area contributed by atoms with Crippen LogP contribution in [-0.4, -0.2) is 42.0 Å². The summed E-state index contributed by atoms with van der Waals surface area (Å²) in [6, 6.07) is 3.36. The van der Waals surface area contributed by atoms with Gasteiger partial charge in [-0.25, -0.2) is 0 Å². The van der Waals surface area contributed by atoms with Gasteiger partial charge in [0, 0.05) is 18.3 Å². The molecule has 0 bridgehead atoms. The van der Waals surface area contributed by atoms with E-state index in [0.717, 1.165) is 12.8 Å². The van der Waals surface area contributed by atoms with Gasteiger partial charge in [0.1, 0.15) is 5.69 Å². The highest BCUT2D eigenvalue weighted by atomic mass is 16.1. The number of nitrogen functional groups attached to an aromatic ring is 1. The van der Waals surface area contributed by atoms with E-state index in [4.69, 9.17) is 5.84 Å². The van der Waals surface area contributed by atoms with Crippen molar-refractivity contribution in [1.29, 1.82) is 0 Å². The lowest BCUT2D eigenvalue weighted by Crippen LogP contribution is -2.50. The van der Waals surface area contributed by atoms with Crippen LogP contribution in [0.25, 0.3) is 0 Å². The molecule has 4 N–H and O–H groups in total. The first-order valence-electron chi connectivity index (χ1n) is 6.96. The molecule has 1 aromatic rings. The second-order valence-electron chi connectivity index (χ2n) is 5.58. The Bertz CT molecular complexity index is 468. The second kappa shape index (κ2) is 6.19. The van der Waals surface area contributed by atoms with Crippen LogP contribution in [0, 0.1) is 0 Å². The Hall–Kier alpha value is -1.66. The summed E-state index contributed by atoms with van der Waals surface area (Å²) in [6.45, 7) is 0.654. The van der Waals surface area contributed by atoms with Crippen LogP contribution in [0.3, 0.4) is 0 Å². The van der Waals surface area contributed by atoms with Gasteiger partial charge in [-0.3, -0.25) is 15.6 Å². The lowest BCUT2D eigenvalue weighted by atomic mass is 9.96. The fraction of sp³-hybridized carbons (Fsp3) is 0.571. The molecule has 1 amide bonds. The van der Waals surface area contributed by atoms with E-state index >= 15 is 0 Å². The highest BCUT2D eigenvalue weighted by molar-refractivity contribution is 5.93. The number of hydrogen-bond donors (Lipinski definition) is 3. The molecule has 1 aliphatic carbocycles. The molecule has 1 saturated carbocycles. The maximum atomic E-state index is 12.2. The zero-order valence-electron chi connectivity index (χ0n) is 12.1. The summed E-state index contributed by atoms with van der Waals surface area (Å²) in [5.41, 5.74) is 3.66. The second-order valence-corrected chi connectivity index (χ2v) is 5.58. The number of likely N-dealkylation sites (N-methyl/N-ethyl adjacent to an activating group) is 1. The van der Waals surface area contributed by atoms with E-state index in [9.17, 15) is 4.79 Å². The van der Waals surface area contributed by atoms with Crippen LogP contribution in [0.15, 0.2) is 18.3 Å². The number of rotatable bonds is 5. The summed E-state index contributed by atoms with van der Waals surface area (Å²) in [4.78, 5) is 18.5. The van der Waals surface area contributed by atoms with E-state index < -0.39 is 0 Å². The van der Waals surface area contributed by atoms with Crippen molar-refractivity contribution in [3.8, 4) is 0 Å². The predicted molar refractivity (Wildman–Crippen MR) is 79.3 cm³/mol. The van der Waals surface area contributed by atoms with Gasteiger partial charge in [-0.1, -0.05) is 12.8 Å². The average Bonchev–Trinajstić information content (AvgIpc) is 2.95. The van der Waals surface area contributed by atoms with Crippen LogP contribution in [0.2, 0.25) is 0 Å². The smallest absolute Gasteiger partial charge is 0.270 e. The number of nitrogens with two attached hydrogens (primary N) is 1. The lowest BCUT2D eigenvalue weighted by molar-refractivity contribution is 0.0895. The lowest BCUT2D eigenvalue weighted by Gasteiger charge is -2.36. The van der Waals surface area contributed by atoms with Crippen LogP contribution in [0.4, 0.5) is 5.69 Å². The van der Waals surface area contributed by atoms with Crippen LogP contribution in [0.5, 0.6) is 0 Å². The molecule has 0 aliphatic heterocycles. The maximum absolute atomic E-state index is 12.2. The van der Waals surface area contributed by atoms with E-state index in [2.05, 4.69) is 34.7 Å². The quantitative estimate of drug-likeness (QED) is 0.552. The molecule has 0 spiro atoms. The molecule has 0 unspecified atom stereocenters. The van der Waals surface area contributed by atoms with Crippen LogP contribution in [0.1, 0.15) is 36.2 Å². The molecule has 1 heterocycles. The molecule has 20 heavy (non-hydrogen) atoms. The van der Waals surface area contributed by atoms with Gasteiger partial charge in [-0.15, -0.1) is 0 Å². The first-order valence-corrected chi connectivity index (χ1v) is 6.96. The zero-order valence-corrected chi connectivity index (χ0v) is 12.1. The van der Waals surface area contributed by atoms with Crippen molar-refractivity contribution in [3.63, 3.8) is 0 Å². The summed E-state index contributed by atoms with van der Waals surface area (Å²) in [5.74, 6) is 5.18. The Morgan fingerprint density at radius 2 is 2.15 bits per heavy atom. The molecule has 0 aromatic carbocycles. The van der Waals surface area contributed by atoms with Gasteiger partial charge in [0.15, 0.2) is 0 Å². The number of anilines is 1. The Morgan fingerprint density at radius 1 is 1.45 bits per heavy atom. The number of aromatic nitrogens is 1. The molecular formula is C14H23N5O. The van der Waals surface area contributed by atoms with Crippen molar-refractivity contribution in [2.45, 2.75) is 31.2 Å². The van der Waals surface area contributed by atoms with Crippen molar-refractivity contribution in [2.75, 3.05) is 26.1 Å². The fourth-order valence-corrected chi connectivity index (χ4v) is 2.80. The third kappa shape index (κ3) is 3.08. The number of hydrogen-bond acceptors (Lipinski definition) is 5. The van der Waals surface area contributed by atoms with E-state index in [1.54, 1.807) is 18.3 Å². The Kier molecular flexibility index (Phi) is 4.57. The van der Waals surface area contributed by atoms with Crippen molar-refractivity contribution in [2.24, 2.45) is 5.84 Å². The Labute approximate surface area is 119 Å². The number of carbonyl (C=O) groups excluding carboxylic acids is 1. The Morgan fingerprint density at radius 3 is 2.75 bits per heavy atom. The molecule has 0 saturated heterocycles. The number of nitrogens with zero attached hydrogens (tertiary/aromatic N) is 2. The summed E-state index contributed by atoms with van der Waals surface area (Å²) in [6.07, 6.45) is 6.26. The zero-order chi connectivity index (χ0) is 14.6.